The summed E-state index contributed by atoms with van der Waals surface area (Å²) in [5, 5.41) is 9.24. The monoisotopic (exact) mass is 297 g/mol. The summed E-state index contributed by atoms with van der Waals surface area (Å²) >= 11 is 3.25. The van der Waals surface area contributed by atoms with Gasteiger partial charge in [-0.2, -0.15) is 0 Å². The van der Waals surface area contributed by atoms with Gasteiger partial charge in [0.15, 0.2) is 5.43 Å². The van der Waals surface area contributed by atoms with Gasteiger partial charge in [-0.3, -0.25) is 4.79 Å². The van der Waals surface area contributed by atoms with E-state index >= 15 is 0 Å². The maximum atomic E-state index is 11.6. The molecule has 0 saturated heterocycles. The van der Waals surface area contributed by atoms with Crippen molar-refractivity contribution in [3.63, 3.8) is 0 Å². The number of rotatable bonds is 1. The van der Waals surface area contributed by atoms with Crippen LogP contribution in [0.5, 0.6) is 0 Å². The number of benzene rings is 1. The highest BCUT2D eigenvalue weighted by Crippen LogP contribution is 2.19. The molecule has 0 aliphatic carbocycles. The Labute approximate surface area is 106 Å². The zero-order valence-corrected chi connectivity index (χ0v) is 11.0. The van der Waals surface area contributed by atoms with E-state index in [1.54, 1.807) is 18.2 Å². The van der Waals surface area contributed by atoms with Crippen molar-refractivity contribution < 1.29 is 9.90 Å². The summed E-state index contributed by atoms with van der Waals surface area (Å²) < 4.78 is 0.667. The third-order valence-electron chi connectivity index (χ3n) is 2.04. The van der Waals surface area contributed by atoms with Crippen LogP contribution in [-0.4, -0.2) is 16.1 Å². The summed E-state index contributed by atoms with van der Waals surface area (Å²) in [6.07, 6.45) is 0. The van der Waals surface area contributed by atoms with Crippen LogP contribution in [0, 0.1) is 0 Å². The second-order valence-corrected chi connectivity index (χ2v) is 3.87. The Morgan fingerprint density at radius 2 is 2.00 bits per heavy atom. The molecule has 1 heterocycles. The molecule has 90 valence electrons. The highest BCUT2D eigenvalue weighted by atomic mass is 79.9. The molecular formula is C12H12BrNO3. The Bertz CT molecular complexity index is 604. The fourth-order valence-electron chi connectivity index (χ4n) is 1.35. The second-order valence-electron chi connectivity index (χ2n) is 3.01. The largest absolute Gasteiger partial charge is 0.477 e. The molecule has 0 bridgehead atoms. The van der Waals surface area contributed by atoms with E-state index in [1.165, 1.54) is 0 Å². The van der Waals surface area contributed by atoms with Gasteiger partial charge in [-0.15, -0.1) is 0 Å². The molecule has 4 nitrogen and oxygen atoms in total. The molecule has 5 heteroatoms. The molecule has 0 unspecified atom stereocenters. The van der Waals surface area contributed by atoms with Crippen LogP contribution in [-0.2, 0) is 0 Å². The van der Waals surface area contributed by atoms with Crippen LogP contribution in [0.4, 0.5) is 0 Å². The molecule has 2 N–H and O–H groups in total. The summed E-state index contributed by atoms with van der Waals surface area (Å²) in [6, 6.07) is 6.19. The number of para-hydroxylation sites is 1. The molecule has 0 fully saturated rings. The number of carboxylic acid groups (broad SMARTS) is 1. The Morgan fingerprint density at radius 1 is 1.35 bits per heavy atom. The highest BCUT2D eigenvalue weighted by molar-refractivity contribution is 9.10. The van der Waals surface area contributed by atoms with Crippen LogP contribution < -0.4 is 5.43 Å². The molecule has 0 atom stereocenters. The van der Waals surface area contributed by atoms with Gasteiger partial charge in [0.2, 0.25) is 0 Å². The van der Waals surface area contributed by atoms with Crippen molar-refractivity contribution in [2.24, 2.45) is 0 Å². The van der Waals surface area contributed by atoms with Crippen molar-refractivity contribution in [2.45, 2.75) is 13.8 Å². The summed E-state index contributed by atoms with van der Waals surface area (Å²) in [7, 11) is 0. The van der Waals surface area contributed by atoms with Crippen LogP contribution in [0.1, 0.15) is 24.3 Å². The number of H-pyrrole nitrogens is 1. The van der Waals surface area contributed by atoms with E-state index in [0.717, 1.165) is 6.07 Å². The van der Waals surface area contributed by atoms with E-state index in [2.05, 4.69) is 20.9 Å². The summed E-state index contributed by atoms with van der Waals surface area (Å²) in [4.78, 5) is 25.0. The number of nitrogens with one attached hydrogen (secondary N) is 1. The molecule has 0 amide bonds. The van der Waals surface area contributed by atoms with E-state index < -0.39 is 5.97 Å². The van der Waals surface area contributed by atoms with Crippen LogP contribution >= 0.6 is 15.9 Å². The first-order valence-electron chi connectivity index (χ1n) is 5.14. The van der Waals surface area contributed by atoms with Crippen molar-refractivity contribution >= 4 is 32.8 Å². The summed E-state index contributed by atoms with van der Waals surface area (Å²) in [6.45, 7) is 4.00. The van der Waals surface area contributed by atoms with Gasteiger partial charge in [0, 0.05) is 15.9 Å². The zero-order chi connectivity index (χ0) is 13.0. The number of aromatic nitrogens is 1. The zero-order valence-electron chi connectivity index (χ0n) is 9.45. The predicted octanol–water partition coefficient (Wildman–Crippen LogP) is 3.02. The fourth-order valence-corrected chi connectivity index (χ4v) is 1.82. The highest BCUT2D eigenvalue weighted by Gasteiger charge is 2.08. The number of fused-ring (bicyclic) bond motifs is 1. The van der Waals surface area contributed by atoms with Gasteiger partial charge in [0.1, 0.15) is 5.69 Å². The minimum Gasteiger partial charge on any atom is -0.477 e. The van der Waals surface area contributed by atoms with Crippen molar-refractivity contribution in [3.8, 4) is 0 Å². The van der Waals surface area contributed by atoms with Crippen LogP contribution in [0.2, 0.25) is 0 Å². The number of carbonyl (C=O) groups is 1. The van der Waals surface area contributed by atoms with E-state index in [9.17, 15) is 9.59 Å². The Balaban J connectivity index is 0.000000686. The lowest BCUT2D eigenvalue weighted by Gasteiger charge is -2.01. The van der Waals surface area contributed by atoms with Crippen LogP contribution in [0.3, 0.4) is 0 Å². The molecular weight excluding hydrogens is 286 g/mol. The summed E-state index contributed by atoms with van der Waals surface area (Å²) in [5.41, 5.74) is 0.0873. The fraction of sp³-hybridized carbons (Fsp3) is 0.167. The molecule has 0 aliphatic rings. The van der Waals surface area contributed by atoms with Crippen molar-refractivity contribution in [2.75, 3.05) is 0 Å². The second kappa shape index (κ2) is 5.63. The molecule has 0 spiro atoms. The number of halogens is 1. The number of aromatic amines is 1. The molecule has 0 aliphatic heterocycles. The SMILES string of the molecule is CC.O=C(O)c1cc(=O)c2cccc(Br)c2[nH]1. The predicted molar refractivity (Wildman–Crippen MR) is 70.6 cm³/mol. The van der Waals surface area contributed by atoms with Crippen molar-refractivity contribution in [1.29, 1.82) is 0 Å². The molecule has 0 saturated carbocycles. The first-order valence-corrected chi connectivity index (χ1v) is 5.94. The number of aromatic carboxylic acids is 1. The van der Waals surface area contributed by atoms with Crippen LogP contribution in [0.15, 0.2) is 33.5 Å². The molecule has 2 rings (SSSR count). The molecule has 0 radical (unpaired) electrons. The quantitative estimate of drug-likeness (QED) is 0.850. The van der Waals surface area contributed by atoms with Crippen LogP contribution in [0.25, 0.3) is 10.9 Å². The number of pyridine rings is 1. The van der Waals surface area contributed by atoms with E-state index in [-0.39, 0.29) is 11.1 Å². The van der Waals surface area contributed by atoms with E-state index in [0.29, 0.717) is 15.4 Å². The minimum atomic E-state index is -1.15. The third-order valence-corrected chi connectivity index (χ3v) is 2.71. The van der Waals surface area contributed by atoms with Crippen molar-refractivity contribution in [3.05, 3.63) is 44.7 Å². The van der Waals surface area contributed by atoms with Gasteiger partial charge in [-0.25, -0.2) is 4.79 Å². The molecule has 1 aromatic heterocycles. The third kappa shape index (κ3) is 2.74. The van der Waals surface area contributed by atoms with Gasteiger partial charge in [-0.1, -0.05) is 19.9 Å². The average Bonchev–Trinajstić information content (AvgIpc) is 2.33. The Hall–Kier alpha value is -1.62. The first kappa shape index (κ1) is 13.4. The van der Waals surface area contributed by atoms with Gasteiger partial charge in [0.25, 0.3) is 0 Å². The molecule has 2 aromatic rings. The smallest absolute Gasteiger partial charge is 0.352 e. The van der Waals surface area contributed by atoms with Gasteiger partial charge in [-0.05, 0) is 28.1 Å². The van der Waals surface area contributed by atoms with Crippen molar-refractivity contribution in [1.82, 2.24) is 4.98 Å². The maximum Gasteiger partial charge on any atom is 0.352 e. The van der Waals surface area contributed by atoms with E-state index in [4.69, 9.17) is 5.11 Å². The Kier molecular flexibility index (Phi) is 4.45. The lowest BCUT2D eigenvalue weighted by molar-refractivity contribution is 0.0691. The normalized spacial score (nSPS) is 9.59. The lowest BCUT2D eigenvalue weighted by Crippen LogP contribution is -2.09. The lowest BCUT2D eigenvalue weighted by atomic mass is 10.2. The number of carboxylic acids is 1. The maximum absolute atomic E-state index is 11.6. The number of hydrogen-bond acceptors (Lipinski definition) is 2. The summed E-state index contributed by atoms with van der Waals surface area (Å²) in [5.74, 6) is -1.15. The first-order chi connectivity index (χ1) is 8.09. The van der Waals surface area contributed by atoms with E-state index in [1.807, 2.05) is 13.8 Å². The Morgan fingerprint density at radius 3 is 2.59 bits per heavy atom. The standard InChI is InChI=1S/C10H6BrNO3.C2H6/c11-6-3-1-2-5-8(13)4-7(10(14)15)12-9(5)6;1-2/h1-4H,(H,12,13)(H,14,15);1-2H3. The van der Waals surface area contributed by atoms with Gasteiger partial charge >= 0.3 is 5.97 Å². The number of hydrogen-bond donors (Lipinski definition) is 2. The minimum absolute atomic E-state index is 0.112. The topological polar surface area (TPSA) is 70.2 Å². The molecule has 17 heavy (non-hydrogen) atoms. The molecule has 1 aromatic carbocycles. The van der Waals surface area contributed by atoms with Gasteiger partial charge < -0.3 is 10.1 Å². The van der Waals surface area contributed by atoms with Gasteiger partial charge in [0.05, 0.1) is 5.52 Å². The average molecular weight is 298 g/mol.